The van der Waals surface area contributed by atoms with Crippen molar-refractivity contribution in [2.24, 2.45) is 0 Å². The highest BCUT2D eigenvalue weighted by molar-refractivity contribution is 5.57. The standard InChI is InChI=1S/C16H23N3O2/c1-11(2)19(9-13(4)20)10-15-17-18-16(21-15)14-8-6-5-7-12(14)3/h5-8,11,13,20H,9-10H2,1-4H3. The van der Waals surface area contributed by atoms with E-state index in [2.05, 4.69) is 28.9 Å². The predicted octanol–water partition coefficient (Wildman–Crippen LogP) is 2.64. The predicted molar refractivity (Wildman–Crippen MR) is 81.7 cm³/mol. The van der Waals surface area contributed by atoms with Crippen molar-refractivity contribution in [1.82, 2.24) is 15.1 Å². The second-order valence-corrected chi connectivity index (χ2v) is 5.69. The van der Waals surface area contributed by atoms with Crippen LogP contribution >= 0.6 is 0 Å². The van der Waals surface area contributed by atoms with Crippen LogP contribution in [-0.2, 0) is 6.54 Å². The molecule has 0 aliphatic heterocycles. The van der Waals surface area contributed by atoms with Gasteiger partial charge in [-0.2, -0.15) is 0 Å². The van der Waals surface area contributed by atoms with E-state index in [-0.39, 0.29) is 6.10 Å². The normalized spacial score (nSPS) is 13.1. The lowest BCUT2D eigenvalue weighted by atomic mass is 10.1. The van der Waals surface area contributed by atoms with Crippen LogP contribution in [0.4, 0.5) is 0 Å². The van der Waals surface area contributed by atoms with E-state index in [1.54, 1.807) is 6.92 Å². The average molecular weight is 289 g/mol. The fourth-order valence-corrected chi connectivity index (χ4v) is 2.21. The number of aryl methyl sites for hydroxylation is 1. The van der Waals surface area contributed by atoms with Gasteiger partial charge in [-0.25, -0.2) is 0 Å². The molecule has 0 aliphatic rings. The number of rotatable bonds is 6. The van der Waals surface area contributed by atoms with Crippen molar-refractivity contribution in [2.75, 3.05) is 6.54 Å². The van der Waals surface area contributed by atoms with E-state index < -0.39 is 0 Å². The van der Waals surface area contributed by atoms with Gasteiger partial charge in [0.05, 0.1) is 12.6 Å². The van der Waals surface area contributed by atoms with Gasteiger partial charge in [0.15, 0.2) is 0 Å². The summed E-state index contributed by atoms with van der Waals surface area (Å²) in [6.45, 7) is 9.10. The lowest BCUT2D eigenvalue weighted by molar-refractivity contribution is 0.0963. The first kappa shape index (κ1) is 15.7. The van der Waals surface area contributed by atoms with Gasteiger partial charge in [0.1, 0.15) is 0 Å². The first-order chi connectivity index (χ1) is 9.97. The van der Waals surface area contributed by atoms with Crippen LogP contribution < -0.4 is 0 Å². The molecule has 114 valence electrons. The molecule has 0 bridgehead atoms. The maximum atomic E-state index is 9.56. The molecule has 1 unspecified atom stereocenters. The third-order valence-corrected chi connectivity index (χ3v) is 3.41. The molecule has 5 heteroatoms. The Morgan fingerprint density at radius 3 is 2.52 bits per heavy atom. The minimum absolute atomic E-state index is 0.299. The van der Waals surface area contributed by atoms with Crippen molar-refractivity contribution in [3.63, 3.8) is 0 Å². The van der Waals surface area contributed by atoms with Crippen molar-refractivity contribution < 1.29 is 9.52 Å². The Bertz CT molecular complexity index is 578. The summed E-state index contributed by atoms with van der Waals surface area (Å²) in [6, 6.07) is 8.24. The molecule has 0 aliphatic carbocycles. The van der Waals surface area contributed by atoms with Crippen LogP contribution in [0.5, 0.6) is 0 Å². The third kappa shape index (κ3) is 4.12. The van der Waals surface area contributed by atoms with E-state index in [1.807, 2.05) is 31.2 Å². The van der Waals surface area contributed by atoms with Gasteiger partial charge in [0, 0.05) is 18.2 Å². The molecule has 1 aromatic heterocycles. The molecule has 0 spiro atoms. The fourth-order valence-electron chi connectivity index (χ4n) is 2.21. The maximum absolute atomic E-state index is 9.56. The van der Waals surface area contributed by atoms with E-state index >= 15 is 0 Å². The first-order valence-electron chi connectivity index (χ1n) is 7.28. The Balaban J connectivity index is 2.14. The smallest absolute Gasteiger partial charge is 0.248 e. The zero-order valence-corrected chi connectivity index (χ0v) is 13.1. The Morgan fingerprint density at radius 1 is 1.19 bits per heavy atom. The lowest BCUT2D eigenvalue weighted by Crippen LogP contribution is -2.36. The van der Waals surface area contributed by atoms with Gasteiger partial charge in [0.2, 0.25) is 11.8 Å². The zero-order chi connectivity index (χ0) is 15.4. The molecule has 0 saturated carbocycles. The highest BCUT2D eigenvalue weighted by Gasteiger charge is 2.17. The molecule has 2 aromatic rings. The van der Waals surface area contributed by atoms with Crippen molar-refractivity contribution >= 4 is 0 Å². The quantitative estimate of drug-likeness (QED) is 0.885. The average Bonchev–Trinajstić information content (AvgIpc) is 2.86. The summed E-state index contributed by atoms with van der Waals surface area (Å²) in [5.41, 5.74) is 2.07. The molecular formula is C16H23N3O2. The van der Waals surface area contributed by atoms with E-state index in [4.69, 9.17) is 4.42 Å². The lowest BCUT2D eigenvalue weighted by Gasteiger charge is -2.25. The maximum Gasteiger partial charge on any atom is 0.248 e. The van der Waals surface area contributed by atoms with Crippen molar-refractivity contribution in [1.29, 1.82) is 0 Å². The molecular weight excluding hydrogens is 266 g/mol. The molecule has 1 N–H and O–H groups in total. The Kier molecular flexibility index (Phi) is 5.09. The Morgan fingerprint density at radius 2 is 1.90 bits per heavy atom. The zero-order valence-electron chi connectivity index (χ0n) is 13.1. The molecule has 5 nitrogen and oxygen atoms in total. The summed E-state index contributed by atoms with van der Waals surface area (Å²) in [6.07, 6.45) is -0.383. The van der Waals surface area contributed by atoms with Crippen LogP contribution in [-0.4, -0.2) is 38.9 Å². The number of nitrogens with zero attached hydrogens (tertiary/aromatic N) is 3. The molecule has 1 heterocycles. The van der Waals surface area contributed by atoms with Crippen LogP contribution in [0.1, 0.15) is 32.2 Å². The van der Waals surface area contributed by atoms with Gasteiger partial charge in [-0.15, -0.1) is 10.2 Å². The van der Waals surface area contributed by atoms with Crippen LogP contribution in [0.15, 0.2) is 28.7 Å². The summed E-state index contributed by atoms with van der Waals surface area (Å²) in [5.74, 6) is 1.12. The molecule has 2 rings (SSSR count). The Hall–Kier alpha value is -1.72. The topological polar surface area (TPSA) is 62.4 Å². The van der Waals surface area contributed by atoms with Gasteiger partial charge in [-0.05, 0) is 39.3 Å². The van der Waals surface area contributed by atoms with E-state index in [1.165, 1.54) is 0 Å². The highest BCUT2D eigenvalue weighted by atomic mass is 16.4. The van der Waals surface area contributed by atoms with Crippen molar-refractivity contribution in [2.45, 2.75) is 46.4 Å². The number of benzene rings is 1. The first-order valence-corrected chi connectivity index (χ1v) is 7.28. The number of aromatic nitrogens is 2. The van der Waals surface area contributed by atoms with Crippen LogP contribution in [0.25, 0.3) is 11.5 Å². The number of aliphatic hydroxyl groups excluding tert-OH is 1. The number of aliphatic hydroxyl groups is 1. The molecule has 0 amide bonds. The van der Waals surface area contributed by atoms with E-state index in [0.29, 0.717) is 30.9 Å². The van der Waals surface area contributed by atoms with Gasteiger partial charge < -0.3 is 9.52 Å². The molecule has 21 heavy (non-hydrogen) atoms. The molecule has 0 saturated heterocycles. The minimum atomic E-state index is -0.383. The molecule has 0 radical (unpaired) electrons. The van der Waals surface area contributed by atoms with Crippen molar-refractivity contribution in [3.8, 4) is 11.5 Å². The summed E-state index contributed by atoms with van der Waals surface area (Å²) in [7, 11) is 0. The van der Waals surface area contributed by atoms with Gasteiger partial charge in [0.25, 0.3) is 0 Å². The monoisotopic (exact) mass is 289 g/mol. The van der Waals surface area contributed by atoms with Gasteiger partial charge in [-0.1, -0.05) is 18.2 Å². The largest absolute Gasteiger partial charge is 0.419 e. The molecule has 1 aromatic carbocycles. The van der Waals surface area contributed by atoms with Crippen LogP contribution in [0.3, 0.4) is 0 Å². The summed E-state index contributed by atoms with van der Waals surface area (Å²) in [4.78, 5) is 2.11. The third-order valence-electron chi connectivity index (χ3n) is 3.41. The summed E-state index contributed by atoms with van der Waals surface area (Å²) in [5, 5.41) is 17.8. The minimum Gasteiger partial charge on any atom is -0.419 e. The number of hydrogen-bond donors (Lipinski definition) is 1. The number of hydrogen-bond acceptors (Lipinski definition) is 5. The summed E-state index contributed by atoms with van der Waals surface area (Å²) >= 11 is 0. The van der Waals surface area contributed by atoms with Crippen LogP contribution in [0.2, 0.25) is 0 Å². The Labute approximate surface area is 125 Å². The van der Waals surface area contributed by atoms with E-state index in [0.717, 1.165) is 11.1 Å². The molecule has 0 fully saturated rings. The van der Waals surface area contributed by atoms with Gasteiger partial charge >= 0.3 is 0 Å². The van der Waals surface area contributed by atoms with Gasteiger partial charge in [-0.3, -0.25) is 4.90 Å². The fraction of sp³-hybridized carbons (Fsp3) is 0.500. The second kappa shape index (κ2) is 6.83. The summed E-state index contributed by atoms with van der Waals surface area (Å²) < 4.78 is 5.77. The SMILES string of the molecule is Cc1ccccc1-c1nnc(CN(CC(C)O)C(C)C)o1. The molecule has 1 atom stereocenters. The van der Waals surface area contributed by atoms with E-state index in [9.17, 15) is 5.11 Å². The van der Waals surface area contributed by atoms with Crippen LogP contribution in [0, 0.1) is 6.92 Å². The van der Waals surface area contributed by atoms with Crippen molar-refractivity contribution in [3.05, 3.63) is 35.7 Å². The second-order valence-electron chi connectivity index (χ2n) is 5.69. The highest BCUT2D eigenvalue weighted by Crippen LogP contribution is 2.22.